The summed E-state index contributed by atoms with van der Waals surface area (Å²) in [6, 6.07) is 8.87. The van der Waals surface area contributed by atoms with Crippen LogP contribution in [-0.2, 0) is 6.54 Å². The average molecular weight is 262 g/mol. The zero-order valence-electron chi connectivity index (χ0n) is 9.75. The van der Waals surface area contributed by atoms with E-state index >= 15 is 0 Å². The van der Waals surface area contributed by atoms with Crippen LogP contribution in [0.1, 0.15) is 11.1 Å². The normalized spacial score (nSPS) is 10.0. The summed E-state index contributed by atoms with van der Waals surface area (Å²) in [5, 5.41) is 11.3. The fraction of sp³-hybridized carbons (Fsp3) is 0.0714. The van der Waals surface area contributed by atoms with E-state index in [2.05, 4.69) is 5.32 Å². The molecule has 0 aromatic heterocycles. The summed E-state index contributed by atoms with van der Waals surface area (Å²) < 4.78 is 39.4. The molecule has 0 saturated heterocycles. The first-order valence-corrected chi connectivity index (χ1v) is 5.47. The Kier molecular flexibility index (Phi) is 3.71. The summed E-state index contributed by atoms with van der Waals surface area (Å²) in [5.41, 5.74) is 0.741. The molecule has 1 N–H and O–H groups in total. The third kappa shape index (κ3) is 3.26. The first-order valence-electron chi connectivity index (χ1n) is 5.47. The maximum absolute atomic E-state index is 13.5. The van der Waals surface area contributed by atoms with Crippen LogP contribution in [0.5, 0.6) is 0 Å². The summed E-state index contributed by atoms with van der Waals surface area (Å²) in [6.07, 6.45) is 0. The molecule has 0 aliphatic carbocycles. The van der Waals surface area contributed by atoms with Crippen molar-refractivity contribution >= 4 is 5.69 Å². The quantitative estimate of drug-likeness (QED) is 0.917. The first-order chi connectivity index (χ1) is 9.08. The molecular weight excluding hydrogens is 253 g/mol. The Morgan fingerprint density at radius 1 is 1.00 bits per heavy atom. The van der Waals surface area contributed by atoms with Crippen molar-refractivity contribution in [2.24, 2.45) is 0 Å². The van der Waals surface area contributed by atoms with Gasteiger partial charge in [0.1, 0.15) is 17.5 Å². The zero-order chi connectivity index (χ0) is 13.8. The standard InChI is InChI=1S/C14H9F3N2/c15-11-3-10(4-12(16)6-11)8-19-14-2-1-9(7-18)5-13(14)17/h1-6,19H,8H2. The van der Waals surface area contributed by atoms with Gasteiger partial charge in [-0.3, -0.25) is 0 Å². The summed E-state index contributed by atoms with van der Waals surface area (Å²) in [4.78, 5) is 0. The van der Waals surface area contributed by atoms with Crippen LogP contribution in [0.4, 0.5) is 18.9 Å². The Labute approximate surface area is 108 Å². The molecule has 0 fully saturated rings. The lowest BCUT2D eigenvalue weighted by Gasteiger charge is -2.08. The highest BCUT2D eigenvalue weighted by Crippen LogP contribution is 2.17. The third-order valence-electron chi connectivity index (χ3n) is 2.50. The smallest absolute Gasteiger partial charge is 0.147 e. The van der Waals surface area contributed by atoms with Crippen LogP contribution in [0, 0.1) is 28.8 Å². The molecule has 2 rings (SSSR count). The van der Waals surface area contributed by atoms with Gasteiger partial charge in [-0.25, -0.2) is 13.2 Å². The molecule has 0 saturated carbocycles. The largest absolute Gasteiger partial charge is 0.379 e. The molecule has 19 heavy (non-hydrogen) atoms. The van der Waals surface area contributed by atoms with Gasteiger partial charge in [-0.2, -0.15) is 5.26 Å². The Balaban J connectivity index is 2.12. The van der Waals surface area contributed by atoms with Crippen molar-refractivity contribution in [1.29, 1.82) is 5.26 Å². The number of halogens is 3. The number of anilines is 1. The van der Waals surface area contributed by atoms with Crippen molar-refractivity contribution in [3.05, 3.63) is 65.0 Å². The molecule has 2 aromatic rings. The van der Waals surface area contributed by atoms with E-state index in [0.29, 0.717) is 5.56 Å². The monoisotopic (exact) mass is 262 g/mol. The van der Waals surface area contributed by atoms with Crippen LogP contribution in [0.15, 0.2) is 36.4 Å². The molecule has 2 nitrogen and oxygen atoms in total. The predicted octanol–water partition coefficient (Wildman–Crippen LogP) is 3.59. The number of hydrogen-bond donors (Lipinski definition) is 1. The highest BCUT2D eigenvalue weighted by Gasteiger charge is 2.05. The Bertz CT molecular complexity index is 627. The van der Waals surface area contributed by atoms with Crippen molar-refractivity contribution < 1.29 is 13.2 Å². The van der Waals surface area contributed by atoms with Gasteiger partial charge in [0.05, 0.1) is 17.3 Å². The molecule has 5 heteroatoms. The minimum Gasteiger partial charge on any atom is -0.379 e. The van der Waals surface area contributed by atoms with Gasteiger partial charge in [-0.15, -0.1) is 0 Å². The fourth-order valence-corrected chi connectivity index (χ4v) is 1.64. The second-order valence-corrected chi connectivity index (χ2v) is 3.94. The van der Waals surface area contributed by atoms with Crippen LogP contribution < -0.4 is 5.32 Å². The van der Waals surface area contributed by atoms with Crippen LogP contribution in [0.2, 0.25) is 0 Å². The summed E-state index contributed by atoms with van der Waals surface area (Å²) in [5.74, 6) is -1.95. The SMILES string of the molecule is N#Cc1ccc(NCc2cc(F)cc(F)c2)c(F)c1. The molecular formula is C14H9F3N2. The second kappa shape index (κ2) is 5.44. The lowest BCUT2D eigenvalue weighted by atomic mass is 10.2. The van der Waals surface area contributed by atoms with Crippen molar-refractivity contribution in [1.82, 2.24) is 0 Å². The van der Waals surface area contributed by atoms with Crippen LogP contribution in [-0.4, -0.2) is 0 Å². The number of nitrogens with one attached hydrogen (secondary N) is 1. The highest BCUT2D eigenvalue weighted by molar-refractivity contribution is 5.49. The topological polar surface area (TPSA) is 35.8 Å². The van der Waals surface area contributed by atoms with E-state index in [1.54, 1.807) is 0 Å². The molecule has 0 aliphatic rings. The van der Waals surface area contributed by atoms with Crippen molar-refractivity contribution in [3.63, 3.8) is 0 Å². The summed E-state index contributed by atoms with van der Waals surface area (Å²) in [7, 11) is 0. The Morgan fingerprint density at radius 3 is 2.26 bits per heavy atom. The molecule has 0 radical (unpaired) electrons. The van der Waals surface area contributed by atoms with E-state index in [4.69, 9.17) is 5.26 Å². The number of rotatable bonds is 3. The Morgan fingerprint density at radius 2 is 1.68 bits per heavy atom. The first kappa shape index (κ1) is 13.0. The minimum absolute atomic E-state index is 0.0809. The zero-order valence-corrected chi connectivity index (χ0v) is 9.75. The molecule has 0 unspecified atom stereocenters. The molecule has 0 atom stereocenters. The van der Waals surface area contributed by atoms with Gasteiger partial charge in [0.15, 0.2) is 0 Å². The van der Waals surface area contributed by atoms with Gasteiger partial charge in [0.2, 0.25) is 0 Å². The average Bonchev–Trinajstić information content (AvgIpc) is 2.36. The van der Waals surface area contributed by atoms with E-state index in [0.717, 1.165) is 24.3 Å². The number of hydrogen-bond acceptors (Lipinski definition) is 2. The highest BCUT2D eigenvalue weighted by atomic mass is 19.1. The molecule has 0 heterocycles. The van der Waals surface area contributed by atoms with Gasteiger partial charge in [0.25, 0.3) is 0 Å². The molecule has 0 bridgehead atoms. The fourth-order valence-electron chi connectivity index (χ4n) is 1.64. The predicted molar refractivity (Wildman–Crippen MR) is 64.8 cm³/mol. The van der Waals surface area contributed by atoms with E-state index < -0.39 is 17.5 Å². The van der Waals surface area contributed by atoms with Crippen molar-refractivity contribution in [2.45, 2.75) is 6.54 Å². The van der Waals surface area contributed by atoms with Gasteiger partial charge in [-0.05, 0) is 35.9 Å². The third-order valence-corrected chi connectivity index (χ3v) is 2.50. The lowest BCUT2D eigenvalue weighted by molar-refractivity contribution is 0.580. The lowest BCUT2D eigenvalue weighted by Crippen LogP contribution is -2.02. The summed E-state index contributed by atoms with van der Waals surface area (Å²) >= 11 is 0. The van der Waals surface area contributed by atoms with E-state index in [1.807, 2.05) is 6.07 Å². The number of nitrogens with zero attached hydrogens (tertiary/aromatic N) is 1. The number of benzene rings is 2. The molecule has 0 aliphatic heterocycles. The van der Waals surface area contributed by atoms with Gasteiger partial charge in [-0.1, -0.05) is 0 Å². The summed E-state index contributed by atoms with van der Waals surface area (Å²) in [6.45, 7) is 0.0809. The van der Waals surface area contributed by atoms with E-state index in [-0.39, 0.29) is 17.8 Å². The number of nitriles is 1. The van der Waals surface area contributed by atoms with Crippen LogP contribution in [0.3, 0.4) is 0 Å². The van der Waals surface area contributed by atoms with Crippen LogP contribution >= 0.6 is 0 Å². The van der Waals surface area contributed by atoms with Gasteiger partial charge in [0, 0.05) is 12.6 Å². The maximum Gasteiger partial charge on any atom is 0.147 e. The maximum atomic E-state index is 13.5. The van der Waals surface area contributed by atoms with E-state index in [9.17, 15) is 13.2 Å². The molecule has 0 spiro atoms. The molecule has 2 aromatic carbocycles. The van der Waals surface area contributed by atoms with E-state index in [1.165, 1.54) is 12.1 Å². The van der Waals surface area contributed by atoms with Crippen molar-refractivity contribution in [2.75, 3.05) is 5.32 Å². The van der Waals surface area contributed by atoms with Crippen molar-refractivity contribution in [3.8, 4) is 6.07 Å². The molecule has 96 valence electrons. The van der Waals surface area contributed by atoms with Crippen LogP contribution in [0.25, 0.3) is 0 Å². The second-order valence-electron chi connectivity index (χ2n) is 3.94. The minimum atomic E-state index is -0.683. The molecule has 0 amide bonds. The van der Waals surface area contributed by atoms with Gasteiger partial charge >= 0.3 is 0 Å². The van der Waals surface area contributed by atoms with Gasteiger partial charge < -0.3 is 5.32 Å². The Hall–Kier alpha value is -2.48.